The van der Waals surface area contributed by atoms with Gasteiger partial charge in [-0.05, 0) is 67.2 Å². The maximum Gasteiger partial charge on any atom is 0.238 e. The minimum absolute atomic E-state index is 0.0291. The zero-order chi connectivity index (χ0) is 15.2. The first kappa shape index (κ1) is 12.6. The average Bonchev–Trinajstić information content (AvgIpc) is 3.08. The molecule has 1 heterocycles. The summed E-state index contributed by atoms with van der Waals surface area (Å²) in [5.74, 6) is 0.451. The van der Waals surface area contributed by atoms with Crippen LogP contribution in [0.3, 0.4) is 0 Å². The Labute approximate surface area is 130 Å². The van der Waals surface area contributed by atoms with Crippen LogP contribution in [0.1, 0.15) is 24.0 Å². The summed E-state index contributed by atoms with van der Waals surface area (Å²) in [6.07, 6.45) is 6.81. The number of hydrogen-bond acceptors (Lipinski definition) is 2. The lowest BCUT2D eigenvalue weighted by Crippen LogP contribution is -2.34. The van der Waals surface area contributed by atoms with Crippen molar-refractivity contribution in [1.82, 2.24) is 0 Å². The van der Waals surface area contributed by atoms with Crippen molar-refractivity contribution in [1.29, 1.82) is 0 Å². The molecule has 4 atom stereocenters. The molecule has 0 unspecified atom stereocenters. The monoisotopic (exact) mass is 293 g/mol. The summed E-state index contributed by atoms with van der Waals surface area (Å²) in [5, 5.41) is 0. The molecule has 0 N–H and O–H groups in total. The van der Waals surface area contributed by atoms with E-state index in [9.17, 15) is 9.59 Å². The van der Waals surface area contributed by atoms with E-state index in [0.29, 0.717) is 11.8 Å². The maximum atomic E-state index is 13.0. The Bertz CT molecular complexity index is 725. The standard InChI is InChI=1S/C19H19NO2/c1-10-3-4-12(9-11(10)2)20-17(21)15-13-5-6-14(16(15)18(20)22)19(13)7-8-19/h3-6,9,13-16H,7-8H2,1-2H3/t13-,14+,15+,16-. The molecular weight excluding hydrogens is 274 g/mol. The van der Waals surface area contributed by atoms with Gasteiger partial charge in [-0.3, -0.25) is 14.5 Å². The SMILES string of the molecule is Cc1ccc(N2C(=O)[C@@H]3[C@H](C2=O)[C@@H]2C=C[C@H]3C23CC3)cc1C. The van der Waals surface area contributed by atoms with Gasteiger partial charge in [0.25, 0.3) is 0 Å². The van der Waals surface area contributed by atoms with E-state index < -0.39 is 0 Å². The third-order valence-corrected chi connectivity index (χ3v) is 6.60. The van der Waals surface area contributed by atoms with Gasteiger partial charge in [0.05, 0.1) is 17.5 Å². The van der Waals surface area contributed by atoms with Crippen LogP contribution in [0.5, 0.6) is 0 Å². The highest BCUT2D eigenvalue weighted by Crippen LogP contribution is 2.73. The Morgan fingerprint density at radius 1 is 0.955 bits per heavy atom. The van der Waals surface area contributed by atoms with Gasteiger partial charge >= 0.3 is 0 Å². The van der Waals surface area contributed by atoms with Crippen LogP contribution in [0.15, 0.2) is 30.4 Å². The van der Waals surface area contributed by atoms with Gasteiger partial charge < -0.3 is 0 Å². The van der Waals surface area contributed by atoms with Crippen molar-refractivity contribution in [2.75, 3.05) is 4.90 Å². The molecule has 3 fully saturated rings. The number of carbonyl (C=O) groups excluding carboxylic acids is 2. The first-order chi connectivity index (χ1) is 10.5. The Kier molecular flexibility index (Phi) is 2.13. The summed E-state index contributed by atoms with van der Waals surface area (Å²) in [4.78, 5) is 27.4. The van der Waals surface area contributed by atoms with Crippen molar-refractivity contribution in [3.05, 3.63) is 41.5 Å². The van der Waals surface area contributed by atoms with Crippen molar-refractivity contribution in [3.8, 4) is 0 Å². The van der Waals surface area contributed by atoms with Gasteiger partial charge in [-0.25, -0.2) is 0 Å². The lowest BCUT2D eigenvalue weighted by Gasteiger charge is -2.22. The van der Waals surface area contributed by atoms with Crippen LogP contribution in [-0.4, -0.2) is 11.8 Å². The van der Waals surface area contributed by atoms with Gasteiger partial charge in [0, 0.05) is 0 Å². The molecule has 2 saturated carbocycles. The van der Waals surface area contributed by atoms with Gasteiger partial charge in [0.15, 0.2) is 0 Å². The summed E-state index contributed by atoms with van der Waals surface area (Å²) in [7, 11) is 0. The molecule has 1 aromatic rings. The Hall–Kier alpha value is -1.90. The summed E-state index contributed by atoms with van der Waals surface area (Å²) in [5.41, 5.74) is 3.32. The number of rotatable bonds is 1. The quantitative estimate of drug-likeness (QED) is 0.589. The van der Waals surface area contributed by atoms with Crippen LogP contribution in [-0.2, 0) is 9.59 Å². The van der Waals surface area contributed by atoms with Gasteiger partial charge in [-0.15, -0.1) is 0 Å². The molecule has 5 rings (SSSR count). The molecule has 1 saturated heterocycles. The minimum atomic E-state index is -0.105. The van der Waals surface area contributed by atoms with E-state index in [2.05, 4.69) is 12.2 Å². The molecule has 1 spiro atoms. The molecule has 2 bridgehead atoms. The minimum Gasteiger partial charge on any atom is -0.274 e. The van der Waals surface area contributed by atoms with E-state index in [1.54, 1.807) is 0 Å². The van der Waals surface area contributed by atoms with Crippen molar-refractivity contribution in [2.24, 2.45) is 29.1 Å². The number of nitrogens with zero attached hydrogens (tertiary/aromatic N) is 1. The Balaban J connectivity index is 1.57. The van der Waals surface area contributed by atoms with E-state index in [1.807, 2.05) is 32.0 Å². The number of benzene rings is 1. The van der Waals surface area contributed by atoms with Crippen LogP contribution in [0.2, 0.25) is 0 Å². The van der Waals surface area contributed by atoms with E-state index in [0.717, 1.165) is 11.3 Å². The first-order valence-electron chi connectivity index (χ1n) is 8.18. The number of amides is 2. The second kappa shape index (κ2) is 3.70. The summed E-state index contributed by atoms with van der Waals surface area (Å²) < 4.78 is 0. The highest BCUT2D eigenvalue weighted by atomic mass is 16.2. The summed E-state index contributed by atoms with van der Waals surface area (Å²) >= 11 is 0. The van der Waals surface area contributed by atoms with Crippen LogP contribution >= 0.6 is 0 Å². The number of hydrogen-bond donors (Lipinski definition) is 0. The second-order valence-corrected chi connectivity index (χ2v) is 7.50. The first-order valence-corrected chi connectivity index (χ1v) is 8.18. The lowest BCUT2D eigenvalue weighted by atomic mass is 9.85. The predicted molar refractivity (Wildman–Crippen MR) is 83.2 cm³/mol. The number of fused-ring (bicyclic) bond motifs is 3. The summed E-state index contributed by atoms with van der Waals surface area (Å²) in [6, 6.07) is 5.87. The molecule has 1 aliphatic heterocycles. The fourth-order valence-electron chi connectivity index (χ4n) is 5.20. The maximum absolute atomic E-state index is 13.0. The topological polar surface area (TPSA) is 37.4 Å². The molecule has 22 heavy (non-hydrogen) atoms. The molecule has 3 heteroatoms. The van der Waals surface area contributed by atoms with Crippen molar-refractivity contribution < 1.29 is 9.59 Å². The molecule has 3 nitrogen and oxygen atoms in total. The third-order valence-electron chi connectivity index (χ3n) is 6.60. The number of carbonyl (C=O) groups is 2. The number of allylic oxidation sites excluding steroid dienone is 2. The molecule has 4 aliphatic rings. The number of imide groups is 1. The van der Waals surface area contributed by atoms with Gasteiger partial charge in [-0.1, -0.05) is 18.2 Å². The lowest BCUT2D eigenvalue weighted by molar-refractivity contribution is -0.123. The smallest absolute Gasteiger partial charge is 0.238 e. The number of anilines is 1. The molecule has 3 aliphatic carbocycles. The van der Waals surface area contributed by atoms with Crippen LogP contribution in [0.4, 0.5) is 5.69 Å². The zero-order valence-corrected chi connectivity index (χ0v) is 12.9. The van der Waals surface area contributed by atoms with Crippen LogP contribution in [0, 0.1) is 42.9 Å². The Morgan fingerprint density at radius 3 is 2.05 bits per heavy atom. The molecule has 0 radical (unpaired) electrons. The normalized spacial score (nSPS) is 36.5. The van der Waals surface area contributed by atoms with Gasteiger partial charge in [0.2, 0.25) is 11.8 Å². The highest BCUT2D eigenvalue weighted by molar-refractivity contribution is 6.23. The highest BCUT2D eigenvalue weighted by Gasteiger charge is 2.73. The average molecular weight is 293 g/mol. The van der Waals surface area contributed by atoms with Crippen LogP contribution in [0.25, 0.3) is 0 Å². The molecule has 2 amide bonds. The van der Waals surface area contributed by atoms with Gasteiger partial charge in [0.1, 0.15) is 0 Å². The zero-order valence-electron chi connectivity index (χ0n) is 12.9. The van der Waals surface area contributed by atoms with Crippen molar-refractivity contribution in [2.45, 2.75) is 26.7 Å². The third kappa shape index (κ3) is 1.25. The fourth-order valence-corrected chi connectivity index (χ4v) is 5.20. The summed E-state index contributed by atoms with van der Waals surface area (Å²) in [6.45, 7) is 4.07. The van der Waals surface area contributed by atoms with Crippen molar-refractivity contribution in [3.63, 3.8) is 0 Å². The molecular formula is C19H19NO2. The Morgan fingerprint density at radius 2 is 1.55 bits per heavy atom. The van der Waals surface area contributed by atoms with E-state index >= 15 is 0 Å². The van der Waals surface area contributed by atoms with Gasteiger partial charge in [-0.2, -0.15) is 0 Å². The van der Waals surface area contributed by atoms with Crippen molar-refractivity contribution >= 4 is 17.5 Å². The van der Waals surface area contributed by atoms with E-state index in [4.69, 9.17) is 0 Å². The molecule has 1 aromatic carbocycles. The molecule has 112 valence electrons. The van der Waals surface area contributed by atoms with E-state index in [-0.39, 0.29) is 29.1 Å². The second-order valence-electron chi connectivity index (χ2n) is 7.50. The van der Waals surface area contributed by atoms with E-state index in [1.165, 1.54) is 23.3 Å². The largest absolute Gasteiger partial charge is 0.274 e. The molecule has 0 aromatic heterocycles. The fraction of sp³-hybridized carbons (Fsp3) is 0.474. The number of aryl methyl sites for hydroxylation is 2. The van der Waals surface area contributed by atoms with Crippen LogP contribution < -0.4 is 4.90 Å². The predicted octanol–water partition coefficient (Wildman–Crippen LogP) is 3.01.